The molecule has 0 unspecified atom stereocenters. The second-order valence-electron chi connectivity index (χ2n) is 1.87. The average Bonchev–Trinajstić information content (AvgIpc) is 2.13. The van der Waals surface area contributed by atoms with Gasteiger partial charge in [0, 0.05) is 7.11 Å². The molecule has 3 nitrogen and oxygen atoms in total. The van der Waals surface area contributed by atoms with E-state index in [4.69, 9.17) is 14.2 Å². The topological polar surface area (TPSA) is 27.7 Å². The Labute approximate surface area is 54.2 Å². The maximum absolute atomic E-state index is 5.06. The van der Waals surface area contributed by atoms with Crippen molar-refractivity contribution in [1.82, 2.24) is 0 Å². The lowest BCUT2D eigenvalue weighted by Crippen LogP contribution is -2.10. The van der Waals surface area contributed by atoms with Crippen molar-refractivity contribution >= 4 is 0 Å². The molecular formula is C6H10O3. The highest BCUT2D eigenvalue weighted by Gasteiger charge is 2.19. The predicted octanol–water partition coefficient (Wildman–Crippen LogP) is 1.21. The molecule has 0 saturated carbocycles. The van der Waals surface area contributed by atoms with Gasteiger partial charge in [0.25, 0.3) is 0 Å². The quantitative estimate of drug-likeness (QED) is 0.534. The SMILES string of the molecule is COC1OC(C)=C(C)O1. The van der Waals surface area contributed by atoms with Crippen LogP contribution in [0, 0.1) is 0 Å². The zero-order valence-electron chi connectivity index (χ0n) is 5.80. The summed E-state index contributed by atoms with van der Waals surface area (Å²) >= 11 is 0. The van der Waals surface area contributed by atoms with Crippen LogP contribution in [0.15, 0.2) is 11.5 Å². The van der Waals surface area contributed by atoms with Gasteiger partial charge in [-0.3, -0.25) is 0 Å². The van der Waals surface area contributed by atoms with E-state index in [-0.39, 0.29) is 0 Å². The predicted molar refractivity (Wildman–Crippen MR) is 31.3 cm³/mol. The summed E-state index contributed by atoms with van der Waals surface area (Å²) < 4.78 is 14.9. The number of hydrogen-bond acceptors (Lipinski definition) is 3. The van der Waals surface area contributed by atoms with Crippen LogP contribution in [0.3, 0.4) is 0 Å². The van der Waals surface area contributed by atoms with E-state index in [1.54, 1.807) is 0 Å². The fraction of sp³-hybridized carbons (Fsp3) is 0.667. The first kappa shape index (κ1) is 6.42. The zero-order chi connectivity index (χ0) is 6.85. The van der Waals surface area contributed by atoms with Crippen molar-refractivity contribution in [2.24, 2.45) is 0 Å². The van der Waals surface area contributed by atoms with E-state index >= 15 is 0 Å². The summed E-state index contributed by atoms with van der Waals surface area (Å²) in [5.41, 5.74) is 0. The van der Waals surface area contributed by atoms with Crippen molar-refractivity contribution in [3.63, 3.8) is 0 Å². The van der Waals surface area contributed by atoms with Gasteiger partial charge in [-0.05, 0) is 13.8 Å². The van der Waals surface area contributed by atoms with Crippen LogP contribution in [0.5, 0.6) is 0 Å². The fourth-order valence-electron chi connectivity index (χ4n) is 0.575. The first-order chi connectivity index (χ1) is 4.24. The Morgan fingerprint density at radius 1 is 1.22 bits per heavy atom. The van der Waals surface area contributed by atoms with Gasteiger partial charge in [-0.25, -0.2) is 0 Å². The molecule has 0 aromatic rings. The summed E-state index contributed by atoms with van der Waals surface area (Å²) in [5, 5.41) is 0. The third-order valence-electron chi connectivity index (χ3n) is 1.23. The number of hydrogen-bond donors (Lipinski definition) is 0. The lowest BCUT2D eigenvalue weighted by atomic mass is 10.5. The summed E-state index contributed by atoms with van der Waals surface area (Å²) in [5.74, 6) is 1.59. The first-order valence-corrected chi connectivity index (χ1v) is 2.77. The van der Waals surface area contributed by atoms with E-state index in [1.165, 1.54) is 7.11 Å². The third-order valence-corrected chi connectivity index (χ3v) is 1.23. The van der Waals surface area contributed by atoms with Crippen molar-refractivity contribution in [2.45, 2.75) is 20.3 Å². The summed E-state index contributed by atoms with van der Waals surface area (Å²) in [4.78, 5) is 0. The Morgan fingerprint density at radius 3 is 1.89 bits per heavy atom. The lowest BCUT2D eigenvalue weighted by molar-refractivity contribution is -0.211. The van der Waals surface area contributed by atoms with Gasteiger partial charge in [0.05, 0.1) is 0 Å². The molecule has 3 heteroatoms. The van der Waals surface area contributed by atoms with Gasteiger partial charge in [0.1, 0.15) is 11.5 Å². The van der Waals surface area contributed by atoms with E-state index in [1.807, 2.05) is 13.8 Å². The Bertz CT molecular complexity index is 125. The van der Waals surface area contributed by atoms with Crippen LogP contribution < -0.4 is 0 Å². The highest BCUT2D eigenvalue weighted by atomic mass is 16.9. The normalized spacial score (nSPS) is 19.9. The van der Waals surface area contributed by atoms with Crippen LogP contribution in [0.2, 0.25) is 0 Å². The number of rotatable bonds is 1. The van der Waals surface area contributed by atoms with E-state index in [2.05, 4.69) is 0 Å². The maximum Gasteiger partial charge on any atom is 0.360 e. The van der Waals surface area contributed by atoms with Gasteiger partial charge in [-0.1, -0.05) is 0 Å². The van der Waals surface area contributed by atoms with Gasteiger partial charge in [-0.15, -0.1) is 0 Å². The second kappa shape index (κ2) is 2.27. The summed E-state index contributed by atoms with van der Waals surface area (Å²) in [6, 6.07) is 0. The highest BCUT2D eigenvalue weighted by molar-refractivity contribution is 4.98. The fourth-order valence-corrected chi connectivity index (χ4v) is 0.575. The molecule has 0 fully saturated rings. The van der Waals surface area contributed by atoms with Crippen molar-refractivity contribution < 1.29 is 14.2 Å². The van der Waals surface area contributed by atoms with Crippen molar-refractivity contribution in [1.29, 1.82) is 0 Å². The highest BCUT2D eigenvalue weighted by Crippen LogP contribution is 2.20. The van der Waals surface area contributed by atoms with E-state index in [9.17, 15) is 0 Å². The Kier molecular flexibility index (Phi) is 1.62. The Balaban J connectivity index is 2.48. The Morgan fingerprint density at radius 2 is 1.67 bits per heavy atom. The molecule has 1 heterocycles. The van der Waals surface area contributed by atoms with Crippen LogP contribution in [0.1, 0.15) is 13.8 Å². The molecule has 0 amide bonds. The third kappa shape index (κ3) is 1.16. The molecule has 0 aromatic carbocycles. The summed E-state index contributed by atoms with van der Waals surface area (Å²) in [6.07, 6.45) is 0. The maximum atomic E-state index is 5.06. The molecule has 1 aliphatic rings. The second-order valence-corrected chi connectivity index (χ2v) is 1.87. The monoisotopic (exact) mass is 130 g/mol. The van der Waals surface area contributed by atoms with Gasteiger partial charge in [0.15, 0.2) is 0 Å². The molecule has 0 radical (unpaired) electrons. The van der Waals surface area contributed by atoms with E-state index < -0.39 is 6.48 Å². The van der Waals surface area contributed by atoms with E-state index in [0.717, 1.165) is 11.5 Å². The molecule has 0 spiro atoms. The summed E-state index contributed by atoms with van der Waals surface area (Å²) in [6.45, 7) is 3.16. The molecule has 0 aliphatic carbocycles. The molecular weight excluding hydrogens is 120 g/mol. The molecule has 0 atom stereocenters. The molecule has 0 N–H and O–H groups in total. The number of allylic oxidation sites excluding steroid dienone is 2. The molecule has 52 valence electrons. The van der Waals surface area contributed by atoms with Crippen LogP contribution >= 0.6 is 0 Å². The number of methoxy groups -OCH3 is 1. The zero-order valence-corrected chi connectivity index (χ0v) is 5.80. The van der Waals surface area contributed by atoms with Crippen LogP contribution in [0.4, 0.5) is 0 Å². The van der Waals surface area contributed by atoms with Crippen molar-refractivity contribution in [2.75, 3.05) is 7.11 Å². The summed E-state index contributed by atoms with van der Waals surface area (Å²) in [7, 11) is 1.54. The van der Waals surface area contributed by atoms with Gasteiger partial charge >= 0.3 is 6.48 Å². The molecule has 0 aromatic heterocycles. The minimum atomic E-state index is -0.523. The van der Waals surface area contributed by atoms with Crippen LogP contribution in [-0.4, -0.2) is 13.6 Å². The van der Waals surface area contributed by atoms with Gasteiger partial charge in [0.2, 0.25) is 0 Å². The van der Waals surface area contributed by atoms with Gasteiger partial charge in [-0.2, -0.15) is 0 Å². The molecule has 9 heavy (non-hydrogen) atoms. The first-order valence-electron chi connectivity index (χ1n) is 2.77. The molecule has 1 aliphatic heterocycles. The van der Waals surface area contributed by atoms with Crippen molar-refractivity contribution in [3.8, 4) is 0 Å². The van der Waals surface area contributed by atoms with Crippen LogP contribution in [0.25, 0.3) is 0 Å². The smallest absolute Gasteiger partial charge is 0.360 e. The Hall–Kier alpha value is -0.700. The van der Waals surface area contributed by atoms with Crippen LogP contribution in [-0.2, 0) is 14.2 Å². The molecule has 1 rings (SSSR count). The minimum absolute atomic E-state index is 0.523. The molecule has 0 bridgehead atoms. The average molecular weight is 130 g/mol. The minimum Gasteiger partial charge on any atom is -0.433 e. The largest absolute Gasteiger partial charge is 0.433 e. The van der Waals surface area contributed by atoms with Crippen molar-refractivity contribution in [3.05, 3.63) is 11.5 Å². The number of ether oxygens (including phenoxy) is 3. The van der Waals surface area contributed by atoms with E-state index in [0.29, 0.717) is 0 Å². The standard InChI is InChI=1S/C6H10O3/c1-4-5(2)9-6(7-3)8-4/h6H,1-3H3. The molecule has 0 saturated heterocycles. The van der Waals surface area contributed by atoms with Gasteiger partial charge < -0.3 is 14.2 Å². The lowest BCUT2D eigenvalue weighted by Gasteiger charge is -2.06.